The fourth-order valence-electron chi connectivity index (χ4n) is 11.2. The Bertz CT molecular complexity index is 2190. The Kier molecular flexibility index (Phi) is 13.6. The lowest BCUT2D eigenvalue weighted by Gasteiger charge is -2.42. The first-order chi connectivity index (χ1) is 31.1. The number of fused-ring (bicyclic) bond motifs is 4. The summed E-state index contributed by atoms with van der Waals surface area (Å²) in [5.74, 6) is 0.129. The predicted molar refractivity (Wildman–Crippen MR) is 245 cm³/mol. The average molecular weight is 864 g/mol. The predicted octanol–water partition coefficient (Wildman–Crippen LogP) is 8.04. The van der Waals surface area contributed by atoms with Crippen molar-refractivity contribution in [3.8, 4) is 0 Å². The topological polar surface area (TPSA) is 141 Å². The van der Waals surface area contributed by atoms with Crippen LogP contribution in [0.5, 0.6) is 0 Å². The molecule has 0 saturated heterocycles. The summed E-state index contributed by atoms with van der Waals surface area (Å²) in [6, 6.07) is 29.6. The van der Waals surface area contributed by atoms with Gasteiger partial charge in [-0.15, -0.1) is 0 Å². The van der Waals surface area contributed by atoms with E-state index in [1.54, 1.807) is 48.5 Å². The normalized spacial score (nSPS) is 24.7. The van der Waals surface area contributed by atoms with Crippen LogP contribution in [0.25, 0.3) is 0 Å². The van der Waals surface area contributed by atoms with Gasteiger partial charge in [-0.05, 0) is 104 Å². The number of hydrogen-bond donors (Lipinski definition) is 1. The van der Waals surface area contributed by atoms with Crippen molar-refractivity contribution in [2.24, 2.45) is 29.4 Å². The summed E-state index contributed by atoms with van der Waals surface area (Å²) in [6.45, 7) is 6.03. The zero-order valence-corrected chi connectivity index (χ0v) is 37.4. The Balaban J connectivity index is 0.000000169. The minimum atomic E-state index is -0.297. The summed E-state index contributed by atoms with van der Waals surface area (Å²) in [5.41, 5.74) is 10.8. The maximum Gasteiger partial charge on any atom is 0.261 e. The van der Waals surface area contributed by atoms with E-state index in [1.807, 2.05) is 46.2 Å². The van der Waals surface area contributed by atoms with Crippen molar-refractivity contribution in [1.82, 2.24) is 19.6 Å². The number of carbonyl (C=O) groups is 6. The van der Waals surface area contributed by atoms with Crippen LogP contribution in [0.3, 0.4) is 0 Å². The van der Waals surface area contributed by atoms with Crippen LogP contribution in [-0.2, 0) is 22.4 Å². The van der Waals surface area contributed by atoms with Crippen molar-refractivity contribution in [2.75, 3.05) is 33.2 Å². The third kappa shape index (κ3) is 8.42. The Morgan fingerprint density at radius 1 is 0.484 bits per heavy atom. The molecule has 4 aromatic rings. The maximum atomic E-state index is 13.7. The molecule has 11 nitrogen and oxygen atoms in total. The number of nitrogens with zero attached hydrogens (tertiary/aromatic N) is 4. The lowest BCUT2D eigenvalue weighted by Crippen LogP contribution is -2.49. The third-order valence-corrected chi connectivity index (χ3v) is 14.7. The van der Waals surface area contributed by atoms with Crippen LogP contribution in [0.15, 0.2) is 97.1 Å². The van der Waals surface area contributed by atoms with Gasteiger partial charge in [-0.25, -0.2) is 0 Å². The molecule has 0 bridgehead atoms. The Labute approximate surface area is 377 Å². The van der Waals surface area contributed by atoms with E-state index in [-0.39, 0.29) is 72.5 Å². The second kappa shape index (κ2) is 19.4. The van der Waals surface area contributed by atoms with Gasteiger partial charge in [-0.2, -0.15) is 0 Å². The second-order valence-electron chi connectivity index (χ2n) is 18.3. The van der Waals surface area contributed by atoms with Gasteiger partial charge in [0.2, 0.25) is 11.8 Å². The largest absolute Gasteiger partial charge is 0.333 e. The number of rotatable bonds is 6. The van der Waals surface area contributed by atoms with Crippen molar-refractivity contribution < 1.29 is 28.8 Å². The first-order valence-electron chi connectivity index (χ1n) is 23.4. The molecule has 0 spiro atoms. The van der Waals surface area contributed by atoms with Crippen LogP contribution in [0.1, 0.15) is 141 Å². The lowest BCUT2D eigenvalue weighted by molar-refractivity contribution is -0.142. The van der Waals surface area contributed by atoms with Crippen molar-refractivity contribution in [1.29, 1.82) is 0 Å². The summed E-state index contributed by atoms with van der Waals surface area (Å²) < 4.78 is 0. The summed E-state index contributed by atoms with van der Waals surface area (Å²) >= 11 is 0. The van der Waals surface area contributed by atoms with E-state index >= 15 is 0 Å². The van der Waals surface area contributed by atoms with Gasteiger partial charge in [0, 0.05) is 24.9 Å². The van der Waals surface area contributed by atoms with Crippen molar-refractivity contribution >= 4 is 35.4 Å². The fraction of sp³-hybridized carbons (Fsp3) is 0.434. The molecule has 6 amide bonds. The molecule has 4 aliphatic heterocycles. The molecule has 6 atom stereocenters. The molecule has 2 saturated carbocycles. The maximum absolute atomic E-state index is 13.7. The molecule has 4 aromatic carbocycles. The molecule has 2 aliphatic carbocycles. The quantitative estimate of drug-likeness (QED) is 0.194. The molecule has 2 fully saturated rings. The molecule has 0 radical (unpaired) electrons. The number of carbonyl (C=O) groups excluding carboxylic acids is 6. The molecule has 3 unspecified atom stereocenters. The van der Waals surface area contributed by atoms with Gasteiger partial charge < -0.3 is 15.5 Å². The highest BCUT2D eigenvalue weighted by Crippen LogP contribution is 2.40. The highest BCUT2D eigenvalue weighted by molar-refractivity contribution is 6.22. The van der Waals surface area contributed by atoms with E-state index in [2.05, 4.69) is 31.7 Å². The monoisotopic (exact) mass is 863 g/mol. The van der Waals surface area contributed by atoms with Gasteiger partial charge in [0.1, 0.15) is 0 Å². The standard InChI is InChI=1S/2C26H28N2O3.CH5N/c2*1-17-8-2-4-10-19(17)24(29)27-15-14-18-9-3-5-11-20(18)23(27)16-28-25(30)21-12-6-7-13-22(21)26(28)31;1-2/h2*3,5-7,9,11-13,17,19,23H,2,4,8,10,14-16H2,1H3;2H2,1H3/t17-,19+,23+;;/m0../s1. The molecule has 64 heavy (non-hydrogen) atoms. The average Bonchev–Trinajstić information content (AvgIpc) is 3.72. The molecular formula is C53H61N5O6. The molecule has 334 valence electrons. The van der Waals surface area contributed by atoms with E-state index in [0.717, 1.165) is 62.5 Å². The molecule has 6 aliphatic rings. The van der Waals surface area contributed by atoms with Crippen molar-refractivity contribution in [3.63, 3.8) is 0 Å². The van der Waals surface area contributed by atoms with E-state index in [9.17, 15) is 28.8 Å². The second-order valence-corrected chi connectivity index (χ2v) is 18.3. The molecule has 4 heterocycles. The highest BCUT2D eigenvalue weighted by atomic mass is 16.2. The zero-order valence-electron chi connectivity index (χ0n) is 37.4. The van der Waals surface area contributed by atoms with Crippen LogP contribution >= 0.6 is 0 Å². The lowest BCUT2D eigenvalue weighted by atomic mass is 9.78. The number of hydrogen-bond acceptors (Lipinski definition) is 7. The first-order valence-corrected chi connectivity index (χ1v) is 23.4. The van der Waals surface area contributed by atoms with E-state index in [1.165, 1.54) is 40.8 Å². The summed E-state index contributed by atoms with van der Waals surface area (Å²) in [7, 11) is 1.50. The molecule has 2 N–H and O–H groups in total. The smallest absolute Gasteiger partial charge is 0.261 e. The van der Waals surface area contributed by atoms with Crippen LogP contribution in [0.2, 0.25) is 0 Å². The Morgan fingerprint density at radius 3 is 1.14 bits per heavy atom. The zero-order chi connectivity index (χ0) is 45.1. The van der Waals surface area contributed by atoms with E-state index in [0.29, 0.717) is 47.2 Å². The fourth-order valence-corrected chi connectivity index (χ4v) is 11.2. The van der Waals surface area contributed by atoms with Gasteiger partial charge in [0.05, 0.1) is 47.4 Å². The van der Waals surface area contributed by atoms with E-state index < -0.39 is 0 Å². The van der Waals surface area contributed by atoms with Crippen molar-refractivity contribution in [2.45, 2.75) is 90.1 Å². The Hall–Kier alpha value is -5.94. The molecule has 11 heteroatoms. The Morgan fingerprint density at radius 2 is 0.797 bits per heavy atom. The van der Waals surface area contributed by atoms with Crippen LogP contribution in [0, 0.1) is 23.7 Å². The summed E-state index contributed by atoms with van der Waals surface area (Å²) in [5, 5.41) is 0. The molecule has 0 aromatic heterocycles. The van der Waals surface area contributed by atoms with Crippen LogP contribution < -0.4 is 5.73 Å². The van der Waals surface area contributed by atoms with E-state index in [4.69, 9.17) is 0 Å². The number of imide groups is 2. The first kappa shape index (κ1) is 44.7. The van der Waals surface area contributed by atoms with Crippen LogP contribution in [0.4, 0.5) is 0 Å². The molecular weight excluding hydrogens is 803 g/mol. The number of amides is 6. The van der Waals surface area contributed by atoms with Crippen LogP contribution in [-0.4, -0.2) is 88.3 Å². The SMILES string of the molecule is CC1CCCCC1C(=O)N1CCc2ccccc2C1CN1C(=O)c2ccccc2C1=O.CN.C[C@H]1CCCC[C@H]1C(=O)N1CCc2ccccc2[C@H]1CN1C(=O)c2ccccc2C1=O. The third-order valence-electron chi connectivity index (χ3n) is 14.7. The summed E-state index contributed by atoms with van der Waals surface area (Å²) in [6.07, 6.45) is 10.2. The minimum absolute atomic E-state index is 0.0312. The number of nitrogens with two attached hydrogens (primary N) is 1. The van der Waals surface area contributed by atoms with Gasteiger partial charge in [-0.3, -0.25) is 38.6 Å². The highest BCUT2D eigenvalue weighted by Gasteiger charge is 2.44. The number of benzene rings is 4. The molecule has 10 rings (SSSR count). The summed E-state index contributed by atoms with van der Waals surface area (Å²) in [4.78, 5) is 86.0. The van der Waals surface area contributed by atoms with Gasteiger partial charge in [0.25, 0.3) is 23.6 Å². The van der Waals surface area contributed by atoms with Gasteiger partial charge in [0.15, 0.2) is 0 Å². The van der Waals surface area contributed by atoms with Crippen molar-refractivity contribution in [3.05, 3.63) is 142 Å². The van der Waals surface area contributed by atoms with Gasteiger partial charge >= 0.3 is 0 Å². The minimum Gasteiger partial charge on any atom is -0.333 e. The van der Waals surface area contributed by atoms with Gasteiger partial charge in [-0.1, -0.05) is 112 Å².